The van der Waals surface area contributed by atoms with Crippen LogP contribution < -0.4 is 16.2 Å². The first-order valence-electron chi connectivity index (χ1n) is 9.23. The number of ether oxygens (including phenoxy) is 1. The van der Waals surface area contributed by atoms with Crippen LogP contribution in [-0.2, 0) is 20.9 Å². The molecule has 26 heavy (non-hydrogen) atoms. The third-order valence-corrected chi connectivity index (χ3v) is 5.41. The first-order valence-corrected chi connectivity index (χ1v) is 9.61. The van der Waals surface area contributed by atoms with Gasteiger partial charge in [-0.15, -0.1) is 0 Å². The monoisotopic (exact) mass is 380 g/mol. The van der Waals surface area contributed by atoms with E-state index in [-0.39, 0.29) is 30.2 Å². The number of halogens is 1. The summed E-state index contributed by atoms with van der Waals surface area (Å²) in [5.74, 6) is -0.00867. The van der Waals surface area contributed by atoms with Crippen LogP contribution >= 0.6 is 11.6 Å². The lowest BCUT2D eigenvalue weighted by Crippen LogP contribution is -2.47. The summed E-state index contributed by atoms with van der Waals surface area (Å²) in [5, 5.41) is 5.96. The number of carbonyl (C=O) groups excluding carboxylic acids is 1. The Morgan fingerprint density at radius 3 is 2.92 bits per heavy atom. The molecular formula is C18H25ClN4O3. The Labute approximate surface area is 158 Å². The van der Waals surface area contributed by atoms with Gasteiger partial charge in [0.15, 0.2) is 0 Å². The number of hydrazine groups is 1. The van der Waals surface area contributed by atoms with Crippen LogP contribution in [0.2, 0.25) is 5.02 Å². The smallest absolute Gasteiger partial charge is 0.239 e. The van der Waals surface area contributed by atoms with Gasteiger partial charge < -0.3 is 10.1 Å². The van der Waals surface area contributed by atoms with Crippen molar-refractivity contribution in [3.05, 3.63) is 34.9 Å². The van der Waals surface area contributed by atoms with Crippen molar-refractivity contribution < 1.29 is 14.4 Å². The Bertz CT molecular complexity index is 623. The molecule has 1 amide bonds. The second kappa shape index (κ2) is 8.21. The average molecular weight is 381 g/mol. The number of carbonyl (C=O) groups is 1. The van der Waals surface area contributed by atoms with Crippen molar-refractivity contribution in [2.75, 3.05) is 19.7 Å². The van der Waals surface area contributed by atoms with E-state index >= 15 is 0 Å². The maximum atomic E-state index is 12.5. The summed E-state index contributed by atoms with van der Waals surface area (Å²) in [6.07, 6.45) is 2.82. The van der Waals surface area contributed by atoms with E-state index in [2.05, 4.69) is 21.2 Å². The minimum Gasteiger partial charge on any atom is -0.375 e. The largest absolute Gasteiger partial charge is 0.375 e. The fourth-order valence-corrected chi connectivity index (χ4v) is 3.87. The van der Waals surface area contributed by atoms with Crippen LogP contribution in [0.25, 0.3) is 0 Å². The molecule has 3 aliphatic heterocycles. The molecule has 0 saturated carbocycles. The molecule has 3 N–H and O–H groups in total. The summed E-state index contributed by atoms with van der Waals surface area (Å²) in [6.45, 7) is 3.05. The van der Waals surface area contributed by atoms with Crippen LogP contribution in [0.1, 0.15) is 24.8 Å². The highest BCUT2D eigenvalue weighted by molar-refractivity contribution is 6.30. The van der Waals surface area contributed by atoms with Crippen molar-refractivity contribution in [1.82, 2.24) is 21.2 Å². The highest BCUT2D eigenvalue weighted by atomic mass is 35.5. The number of hydrogen-bond acceptors (Lipinski definition) is 6. The predicted octanol–water partition coefficient (Wildman–Crippen LogP) is 0.986. The minimum atomic E-state index is -0.311. The second-order valence-corrected chi connectivity index (χ2v) is 7.63. The SMILES string of the molecule is O=C(NC1CNN(Cc2ccc(Cl)cc2)C1)C1CC(C2CCCO2)ON1. The summed E-state index contributed by atoms with van der Waals surface area (Å²) in [4.78, 5) is 18.1. The van der Waals surface area contributed by atoms with Gasteiger partial charge in [0, 0.05) is 37.7 Å². The summed E-state index contributed by atoms with van der Waals surface area (Å²) in [5.41, 5.74) is 7.39. The van der Waals surface area contributed by atoms with Gasteiger partial charge in [-0.3, -0.25) is 15.1 Å². The van der Waals surface area contributed by atoms with E-state index in [1.165, 1.54) is 5.56 Å². The number of rotatable bonds is 5. The summed E-state index contributed by atoms with van der Waals surface area (Å²) in [7, 11) is 0. The molecule has 3 aliphatic rings. The van der Waals surface area contributed by atoms with Crippen molar-refractivity contribution >= 4 is 17.5 Å². The molecule has 3 fully saturated rings. The predicted molar refractivity (Wildman–Crippen MR) is 97.2 cm³/mol. The molecule has 0 aromatic heterocycles. The van der Waals surface area contributed by atoms with E-state index in [0.29, 0.717) is 6.42 Å². The van der Waals surface area contributed by atoms with E-state index in [1.54, 1.807) is 0 Å². The maximum Gasteiger partial charge on any atom is 0.239 e. The molecule has 0 radical (unpaired) electrons. The van der Waals surface area contributed by atoms with Crippen molar-refractivity contribution in [2.24, 2.45) is 0 Å². The molecule has 0 bridgehead atoms. The molecule has 1 aromatic carbocycles. The summed E-state index contributed by atoms with van der Waals surface area (Å²) >= 11 is 5.92. The molecule has 142 valence electrons. The third kappa shape index (κ3) is 4.36. The van der Waals surface area contributed by atoms with Crippen LogP contribution in [0, 0.1) is 0 Å². The molecule has 8 heteroatoms. The topological polar surface area (TPSA) is 74.9 Å². The standard InChI is InChI=1S/C18H25ClN4O3/c19-13-5-3-12(4-6-13)10-23-11-14(9-20-23)21-18(24)15-8-17(26-22-15)16-2-1-7-25-16/h3-6,14-17,20,22H,1-2,7-11H2,(H,21,24). The molecule has 7 nitrogen and oxygen atoms in total. The zero-order chi connectivity index (χ0) is 17.9. The average Bonchev–Trinajstić information content (AvgIpc) is 3.38. The molecule has 4 unspecified atom stereocenters. The van der Waals surface area contributed by atoms with Gasteiger partial charge in [-0.2, -0.15) is 5.48 Å². The van der Waals surface area contributed by atoms with E-state index in [9.17, 15) is 4.79 Å². The van der Waals surface area contributed by atoms with Gasteiger partial charge in [0.05, 0.1) is 12.1 Å². The maximum absolute atomic E-state index is 12.5. The number of benzene rings is 1. The Balaban J connectivity index is 1.22. The number of amides is 1. The number of nitrogens with zero attached hydrogens (tertiary/aromatic N) is 1. The van der Waals surface area contributed by atoms with Crippen LogP contribution in [0.15, 0.2) is 24.3 Å². The first-order chi connectivity index (χ1) is 12.7. The van der Waals surface area contributed by atoms with Gasteiger partial charge in [-0.25, -0.2) is 5.01 Å². The Hall–Kier alpha value is -1.22. The zero-order valence-electron chi connectivity index (χ0n) is 14.6. The Kier molecular flexibility index (Phi) is 5.73. The third-order valence-electron chi connectivity index (χ3n) is 5.16. The number of hydroxylamine groups is 1. The molecule has 0 aliphatic carbocycles. The molecule has 4 atom stereocenters. The fraction of sp³-hybridized carbons (Fsp3) is 0.611. The van der Waals surface area contributed by atoms with Crippen LogP contribution in [0.5, 0.6) is 0 Å². The lowest BCUT2D eigenvalue weighted by molar-refractivity contribution is -0.125. The van der Waals surface area contributed by atoms with Crippen LogP contribution in [0.3, 0.4) is 0 Å². The summed E-state index contributed by atoms with van der Waals surface area (Å²) in [6, 6.07) is 7.58. The van der Waals surface area contributed by atoms with E-state index in [4.69, 9.17) is 21.2 Å². The van der Waals surface area contributed by atoms with Gasteiger partial charge in [-0.05, 0) is 30.5 Å². The Morgan fingerprint density at radius 2 is 2.15 bits per heavy atom. The van der Waals surface area contributed by atoms with Crippen molar-refractivity contribution in [3.63, 3.8) is 0 Å². The molecule has 3 heterocycles. The minimum absolute atomic E-state index is 0.00867. The first kappa shape index (κ1) is 18.2. The highest BCUT2D eigenvalue weighted by Crippen LogP contribution is 2.24. The molecule has 0 spiro atoms. The van der Waals surface area contributed by atoms with Gasteiger partial charge in [0.25, 0.3) is 0 Å². The van der Waals surface area contributed by atoms with Crippen molar-refractivity contribution in [3.8, 4) is 0 Å². The fourth-order valence-electron chi connectivity index (χ4n) is 3.75. The van der Waals surface area contributed by atoms with Gasteiger partial charge in [-0.1, -0.05) is 23.7 Å². The van der Waals surface area contributed by atoms with Crippen molar-refractivity contribution in [2.45, 2.75) is 50.1 Å². The van der Waals surface area contributed by atoms with E-state index < -0.39 is 0 Å². The molecule has 3 saturated heterocycles. The van der Waals surface area contributed by atoms with Crippen LogP contribution in [-0.4, -0.2) is 54.9 Å². The molecule has 1 aromatic rings. The van der Waals surface area contributed by atoms with Crippen LogP contribution in [0.4, 0.5) is 0 Å². The lowest BCUT2D eigenvalue weighted by atomic mass is 10.0. The normalized spacial score (nSPS) is 32.2. The lowest BCUT2D eigenvalue weighted by Gasteiger charge is -2.17. The van der Waals surface area contributed by atoms with E-state index in [1.807, 2.05) is 24.3 Å². The van der Waals surface area contributed by atoms with Crippen molar-refractivity contribution in [1.29, 1.82) is 0 Å². The summed E-state index contributed by atoms with van der Waals surface area (Å²) < 4.78 is 5.65. The quantitative estimate of drug-likeness (QED) is 0.707. The Morgan fingerprint density at radius 1 is 1.31 bits per heavy atom. The zero-order valence-corrected chi connectivity index (χ0v) is 15.4. The highest BCUT2D eigenvalue weighted by Gasteiger charge is 2.38. The molecular weight excluding hydrogens is 356 g/mol. The van der Waals surface area contributed by atoms with E-state index in [0.717, 1.165) is 44.1 Å². The van der Waals surface area contributed by atoms with Gasteiger partial charge in [0.1, 0.15) is 12.1 Å². The molecule has 4 rings (SSSR count). The second-order valence-electron chi connectivity index (χ2n) is 7.19. The number of hydrogen-bond donors (Lipinski definition) is 3. The van der Waals surface area contributed by atoms with Gasteiger partial charge >= 0.3 is 0 Å². The number of nitrogens with one attached hydrogen (secondary N) is 3. The van der Waals surface area contributed by atoms with Gasteiger partial charge in [0.2, 0.25) is 5.91 Å².